The van der Waals surface area contributed by atoms with Gasteiger partial charge in [0.25, 0.3) is 10.0 Å². The molecule has 9 heteroatoms. The van der Waals surface area contributed by atoms with Crippen molar-refractivity contribution in [2.45, 2.75) is 17.1 Å². The number of carbonyl (C=O) groups excluding carboxylic acids is 2. The molecule has 0 aliphatic carbocycles. The number of ether oxygens (including phenoxy) is 1. The second-order valence-electron chi connectivity index (χ2n) is 4.90. The highest BCUT2D eigenvalue weighted by Gasteiger charge is 2.32. The average molecular weight is 346 g/mol. The standard InChI is InChI=1S/C13H18N2O5S2/c1-20-11(16)9-14-13(17)10-4-6-15(7-5-10)22(18,19)12-3-2-8-21-12/h2-3,8,10H,4-7,9H2,1H3,(H,14,17). The quantitative estimate of drug-likeness (QED) is 0.781. The normalized spacial score (nSPS) is 17.1. The molecule has 122 valence electrons. The third-order valence-electron chi connectivity index (χ3n) is 3.55. The Morgan fingerprint density at radius 1 is 1.41 bits per heavy atom. The molecule has 0 aromatic carbocycles. The van der Waals surface area contributed by atoms with Crippen molar-refractivity contribution < 1.29 is 22.7 Å². The van der Waals surface area contributed by atoms with Crippen molar-refractivity contribution in [2.24, 2.45) is 5.92 Å². The molecule has 0 atom stereocenters. The molecule has 2 rings (SSSR count). The summed E-state index contributed by atoms with van der Waals surface area (Å²) in [5, 5.41) is 4.23. The van der Waals surface area contributed by atoms with E-state index in [0.29, 0.717) is 30.1 Å². The smallest absolute Gasteiger partial charge is 0.325 e. The number of hydrogen-bond acceptors (Lipinski definition) is 6. The average Bonchev–Trinajstić information content (AvgIpc) is 3.07. The minimum Gasteiger partial charge on any atom is -0.468 e. The Bertz CT molecular complexity index is 619. The van der Waals surface area contributed by atoms with Crippen LogP contribution in [0.3, 0.4) is 0 Å². The van der Waals surface area contributed by atoms with Crippen LogP contribution in [0.1, 0.15) is 12.8 Å². The molecule has 0 spiro atoms. The third-order valence-corrected chi connectivity index (χ3v) is 6.82. The Balaban J connectivity index is 1.88. The van der Waals surface area contributed by atoms with E-state index in [9.17, 15) is 18.0 Å². The summed E-state index contributed by atoms with van der Waals surface area (Å²) in [6.45, 7) is 0.441. The molecule has 1 aliphatic heterocycles. The summed E-state index contributed by atoms with van der Waals surface area (Å²) in [5.41, 5.74) is 0. The van der Waals surface area contributed by atoms with Crippen LogP contribution in [0.5, 0.6) is 0 Å². The number of piperidine rings is 1. The number of nitrogens with zero attached hydrogens (tertiary/aromatic N) is 1. The molecular weight excluding hydrogens is 328 g/mol. The van der Waals surface area contributed by atoms with E-state index in [2.05, 4.69) is 10.1 Å². The van der Waals surface area contributed by atoms with Crippen LogP contribution in [-0.2, 0) is 24.3 Å². The second kappa shape index (κ2) is 7.21. The summed E-state index contributed by atoms with van der Waals surface area (Å²) in [4.78, 5) is 22.9. The zero-order valence-electron chi connectivity index (χ0n) is 12.1. The molecular formula is C13H18N2O5S2. The summed E-state index contributed by atoms with van der Waals surface area (Å²) >= 11 is 1.18. The van der Waals surface area contributed by atoms with Gasteiger partial charge in [-0.05, 0) is 24.3 Å². The molecule has 2 heterocycles. The van der Waals surface area contributed by atoms with Gasteiger partial charge < -0.3 is 10.1 Å². The lowest BCUT2D eigenvalue weighted by molar-refractivity contribution is -0.141. The first kappa shape index (κ1) is 16.9. The van der Waals surface area contributed by atoms with Gasteiger partial charge in [-0.25, -0.2) is 8.42 Å². The maximum atomic E-state index is 12.4. The number of thiophene rings is 1. The number of amides is 1. The number of nitrogens with one attached hydrogen (secondary N) is 1. The van der Waals surface area contributed by atoms with E-state index >= 15 is 0 Å². The van der Waals surface area contributed by atoms with Gasteiger partial charge in [0.2, 0.25) is 5.91 Å². The fourth-order valence-electron chi connectivity index (χ4n) is 2.27. The van der Waals surface area contributed by atoms with E-state index in [1.165, 1.54) is 22.8 Å². The predicted molar refractivity (Wildman–Crippen MR) is 80.8 cm³/mol. The minimum atomic E-state index is -3.45. The molecule has 0 bridgehead atoms. The van der Waals surface area contributed by atoms with Gasteiger partial charge in [0.05, 0.1) is 7.11 Å². The number of esters is 1. The molecule has 1 amide bonds. The number of rotatable bonds is 5. The van der Waals surface area contributed by atoms with Crippen LogP contribution in [0.4, 0.5) is 0 Å². The van der Waals surface area contributed by atoms with Crippen molar-refractivity contribution in [3.8, 4) is 0 Å². The molecule has 1 fully saturated rings. The van der Waals surface area contributed by atoms with Crippen molar-refractivity contribution in [3.05, 3.63) is 17.5 Å². The lowest BCUT2D eigenvalue weighted by atomic mass is 9.97. The van der Waals surface area contributed by atoms with Gasteiger partial charge >= 0.3 is 5.97 Å². The van der Waals surface area contributed by atoms with E-state index in [1.807, 2.05) is 0 Å². The van der Waals surface area contributed by atoms with Gasteiger partial charge in [0.15, 0.2) is 0 Å². The number of carbonyl (C=O) groups is 2. The molecule has 0 saturated carbocycles. The van der Waals surface area contributed by atoms with Crippen molar-refractivity contribution >= 4 is 33.2 Å². The minimum absolute atomic E-state index is 0.164. The van der Waals surface area contributed by atoms with Gasteiger partial charge in [-0.1, -0.05) is 6.07 Å². The van der Waals surface area contributed by atoms with E-state index in [4.69, 9.17) is 0 Å². The first-order valence-corrected chi connectivity index (χ1v) is 9.15. The Morgan fingerprint density at radius 2 is 2.09 bits per heavy atom. The molecule has 1 N–H and O–H groups in total. The van der Waals surface area contributed by atoms with Crippen LogP contribution in [-0.4, -0.2) is 51.3 Å². The lowest BCUT2D eigenvalue weighted by Crippen LogP contribution is -2.43. The van der Waals surface area contributed by atoms with Gasteiger partial charge in [-0.15, -0.1) is 11.3 Å². The fourth-order valence-corrected chi connectivity index (χ4v) is 4.89. The topological polar surface area (TPSA) is 92.8 Å². The number of methoxy groups -OCH3 is 1. The van der Waals surface area contributed by atoms with E-state index in [0.717, 1.165) is 0 Å². The highest BCUT2D eigenvalue weighted by molar-refractivity contribution is 7.91. The van der Waals surface area contributed by atoms with Gasteiger partial charge in [0.1, 0.15) is 10.8 Å². The molecule has 22 heavy (non-hydrogen) atoms. The molecule has 0 unspecified atom stereocenters. The zero-order chi connectivity index (χ0) is 16.2. The molecule has 0 radical (unpaired) electrons. The highest BCUT2D eigenvalue weighted by Crippen LogP contribution is 2.26. The maximum absolute atomic E-state index is 12.4. The summed E-state index contributed by atoms with van der Waals surface area (Å²) in [5.74, 6) is -1.02. The SMILES string of the molecule is COC(=O)CNC(=O)C1CCN(S(=O)(=O)c2cccs2)CC1. The first-order valence-electron chi connectivity index (χ1n) is 6.83. The monoisotopic (exact) mass is 346 g/mol. The van der Waals surface area contributed by atoms with E-state index in [-0.39, 0.29) is 18.4 Å². The van der Waals surface area contributed by atoms with E-state index < -0.39 is 16.0 Å². The molecule has 1 aromatic rings. The van der Waals surface area contributed by atoms with Gasteiger partial charge in [-0.2, -0.15) is 4.31 Å². The van der Waals surface area contributed by atoms with Crippen LogP contribution in [0.2, 0.25) is 0 Å². The Labute approximate surface area is 133 Å². The Kier molecular flexibility index (Phi) is 5.54. The molecule has 1 saturated heterocycles. The van der Waals surface area contributed by atoms with Gasteiger partial charge in [0, 0.05) is 19.0 Å². The fraction of sp³-hybridized carbons (Fsp3) is 0.538. The van der Waals surface area contributed by atoms with Crippen molar-refractivity contribution in [2.75, 3.05) is 26.7 Å². The van der Waals surface area contributed by atoms with Gasteiger partial charge in [-0.3, -0.25) is 9.59 Å². The molecule has 7 nitrogen and oxygen atoms in total. The summed E-state index contributed by atoms with van der Waals surface area (Å²) in [6.07, 6.45) is 0.884. The lowest BCUT2D eigenvalue weighted by Gasteiger charge is -2.30. The second-order valence-corrected chi connectivity index (χ2v) is 8.02. The van der Waals surface area contributed by atoms with Crippen molar-refractivity contribution in [3.63, 3.8) is 0 Å². The highest BCUT2D eigenvalue weighted by atomic mass is 32.2. The molecule has 1 aromatic heterocycles. The summed E-state index contributed by atoms with van der Waals surface area (Å²) in [7, 11) is -2.20. The third kappa shape index (κ3) is 3.84. The first-order chi connectivity index (χ1) is 10.4. The largest absolute Gasteiger partial charge is 0.468 e. The Hall–Kier alpha value is -1.45. The Morgan fingerprint density at radius 3 is 2.64 bits per heavy atom. The van der Waals surface area contributed by atoms with Crippen LogP contribution in [0.25, 0.3) is 0 Å². The molecule has 1 aliphatic rings. The van der Waals surface area contributed by atoms with Crippen LogP contribution < -0.4 is 5.32 Å². The number of sulfonamides is 1. The number of hydrogen-bond donors (Lipinski definition) is 1. The van der Waals surface area contributed by atoms with Crippen LogP contribution >= 0.6 is 11.3 Å². The predicted octanol–water partition coefficient (Wildman–Crippen LogP) is 0.438. The van der Waals surface area contributed by atoms with E-state index in [1.54, 1.807) is 17.5 Å². The van der Waals surface area contributed by atoms with Crippen LogP contribution in [0, 0.1) is 5.92 Å². The zero-order valence-corrected chi connectivity index (χ0v) is 13.8. The summed E-state index contributed by atoms with van der Waals surface area (Å²) in [6, 6.07) is 3.28. The maximum Gasteiger partial charge on any atom is 0.325 e. The van der Waals surface area contributed by atoms with Crippen molar-refractivity contribution in [1.82, 2.24) is 9.62 Å². The van der Waals surface area contributed by atoms with Crippen LogP contribution in [0.15, 0.2) is 21.7 Å². The summed E-state index contributed by atoms with van der Waals surface area (Å²) < 4.78 is 30.9. The van der Waals surface area contributed by atoms with Crippen molar-refractivity contribution in [1.29, 1.82) is 0 Å².